The zero-order chi connectivity index (χ0) is 16.9. The Labute approximate surface area is 138 Å². The van der Waals surface area contributed by atoms with Crippen LogP contribution in [0.3, 0.4) is 0 Å². The fraction of sp³-hybridized carbons (Fsp3) is 0.412. The highest BCUT2D eigenvalue weighted by Gasteiger charge is 2.12. The molecule has 0 amide bonds. The first kappa shape index (κ1) is 17.5. The standard InChI is InChI=1S/C17H23N3O2S/c1-23(2,3)9-8-22-13-20-12-19-17(16(20)11-21)15-6-4-14(10-18)5-7-15/h4-7,12,21H,8-9,11,13H2,1-3H3. The lowest BCUT2D eigenvalue weighted by Crippen LogP contribution is -2.11. The Bertz CT molecular complexity index is 681. The lowest BCUT2D eigenvalue weighted by atomic mass is 10.1. The molecule has 0 fully saturated rings. The van der Waals surface area contributed by atoms with Gasteiger partial charge in [0.1, 0.15) is 6.73 Å². The summed E-state index contributed by atoms with van der Waals surface area (Å²) in [5.74, 6) is 1.05. The third-order valence-corrected chi connectivity index (χ3v) is 4.85. The van der Waals surface area contributed by atoms with Crippen LogP contribution < -0.4 is 0 Å². The summed E-state index contributed by atoms with van der Waals surface area (Å²) >= 11 is 0. The molecule has 1 aromatic carbocycles. The van der Waals surface area contributed by atoms with E-state index in [0.717, 1.165) is 22.7 Å². The first-order valence-electron chi connectivity index (χ1n) is 7.34. The van der Waals surface area contributed by atoms with E-state index in [1.165, 1.54) is 0 Å². The summed E-state index contributed by atoms with van der Waals surface area (Å²) in [4.78, 5) is 4.39. The van der Waals surface area contributed by atoms with Gasteiger partial charge in [0.05, 0.1) is 42.6 Å². The van der Waals surface area contributed by atoms with E-state index in [9.17, 15) is 5.11 Å². The van der Waals surface area contributed by atoms with Crippen LogP contribution in [0.25, 0.3) is 11.3 Å². The van der Waals surface area contributed by atoms with Crippen LogP contribution in [-0.4, -0.2) is 45.8 Å². The van der Waals surface area contributed by atoms with Gasteiger partial charge in [-0.1, -0.05) is 12.1 Å². The number of imidazole rings is 1. The Balaban J connectivity index is 2.08. The molecule has 0 bridgehead atoms. The summed E-state index contributed by atoms with van der Waals surface area (Å²) in [6, 6.07) is 9.27. The third-order valence-electron chi connectivity index (χ3n) is 3.45. The number of hydrogen-bond acceptors (Lipinski definition) is 4. The Morgan fingerprint density at radius 2 is 1.96 bits per heavy atom. The van der Waals surface area contributed by atoms with E-state index in [1.807, 2.05) is 16.7 Å². The van der Waals surface area contributed by atoms with E-state index in [0.29, 0.717) is 18.9 Å². The van der Waals surface area contributed by atoms with Crippen molar-refractivity contribution in [3.05, 3.63) is 41.9 Å². The van der Waals surface area contributed by atoms with Gasteiger partial charge in [0.25, 0.3) is 0 Å². The normalized spacial score (nSPS) is 12.1. The van der Waals surface area contributed by atoms with Crippen LogP contribution in [0.15, 0.2) is 30.6 Å². The van der Waals surface area contributed by atoms with Crippen molar-refractivity contribution in [2.75, 3.05) is 31.1 Å². The molecule has 1 aromatic heterocycles. The van der Waals surface area contributed by atoms with Gasteiger partial charge in [-0.3, -0.25) is 0 Å². The topological polar surface area (TPSA) is 71.1 Å². The minimum atomic E-state index is -0.564. The molecule has 0 aliphatic heterocycles. The molecule has 0 aliphatic rings. The summed E-state index contributed by atoms with van der Waals surface area (Å²) < 4.78 is 7.54. The van der Waals surface area contributed by atoms with Crippen LogP contribution in [0.2, 0.25) is 0 Å². The Morgan fingerprint density at radius 1 is 1.26 bits per heavy atom. The van der Waals surface area contributed by atoms with Crippen LogP contribution in [0.1, 0.15) is 11.3 Å². The lowest BCUT2D eigenvalue weighted by Gasteiger charge is -2.24. The molecule has 0 unspecified atom stereocenters. The van der Waals surface area contributed by atoms with Gasteiger partial charge in [0, 0.05) is 11.3 Å². The summed E-state index contributed by atoms with van der Waals surface area (Å²) in [5, 5.41) is 18.5. The molecule has 1 N–H and O–H groups in total. The van der Waals surface area contributed by atoms with Gasteiger partial charge in [-0.15, -0.1) is 0 Å². The van der Waals surface area contributed by atoms with Crippen LogP contribution in [0, 0.1) is 11.3 Å². The highest BCUT2D eigenvalue weighted by Crippen LogP contribution is 2.33. The molecule has 2 rings (SSSR count). The van der Waals surface area contributed by atoms with Gasteiger partial charge >= 0.3 is 0 Å². The molecule has 5 nitrogen and oxygen atoms in total. The van der Waals surface area contributed by atoms with Crippen LogP contribution >= 0.6 is 10.0 Å². The highest BCUT2D eigenvalue weighted by atomic mass is 32.3. The zero-order valence-electron chi connectivity index (χ0n) is 13.8. The Kier molecular flexibility index (Phi) is 5.83. The number of ether oxygens (including phenoxy) is 1. The van der Waals surface area contributed by atoms with Crippen LogP contribution in [0.4, 0.5) is 0 Å². The summed E-state index contributed by atoms with van der Waals surface area (Å²) in [6.07, 6.45) is 8.46. The molecular formula is C17H23N3O2S. The van der Waals surface area contributed by atoms with E-state index < -0.39 is 10.0 Å². The van der Waals surface area contributed by atoms with Gasteiger partial charge in [0.2, 0.25) is 0 Å². The molecule has 124 valence electrons. The molecule has 0 spiro atoms. The number of aliphatic hydroxyl groups is 1. The van der Waals surface area contributed by atoms with Crippen molar-refractivity contribution in [1.82, 2.24) is 9.55 Å². The second kappa shape index (κ2) is 7.64. The number of rotatable bonds is 7. The molecule has 0 radical (unpaired) electrons. The maximum absolute atomic E-state index is 9.67. The van der Waals surface area contributed by atoms with Crippen molar-refractivity contribution in [1.29, 1.82) is 5.26 Å². The summed E-state index contributed by atoms with van der Waals surface area (Å²) in [6.45, 7) is 0.978. The van der Waals surface area contributed by atoms with Crippen LogP contribution in [0.5, 0.6) is 0 Å². The zero-order valence-corrected chi connectivity index (χ0v) is 14.6. The second-order valence-corrected chi connectivity index (χ2v) is 10.8. The number of nitrogens with zero attached hydrogens (tertiary/aromatic N) is 3. The van der Waals surface area contributed by atoms with Gasteiger partial charge < -0.3 is 14.4 Å². The molecule has 1 heterocycles. The highest BCUT2D eigenvalue weighted by molar-refractivity contribution is 8.32. The Hall–Kier alpha value is -1.81. The fourth-order valence-corrected chi connectivity index (χ4v) is 2.72. The van der Waals surface area contributed by atoms with E-state index in [2.05, 4.69) is 29.8 Å². The summed E-state index contributed by atoms with van der Waals surface area (Å²) in [7, 11) is -0.564. The van der Waals surface area contributed by atoms with Crippen molar-refractivity contribution in [3.63, 3.8) is 0 Å². The van der Waals surface area contributed by atoms with Gasteiger partial charge in [-0.25, -0.2) is 15.0 Å². The minimum Gasteiger partial charge on any atom is -0.390 e. The van der Waals surface area contributed by atoms with Crippen molar-refractivity contribution in [2.24, 2.45) is 0 Å². The summed E-state index contributed by atoms with van der Waals surface area (Å²) in [5.41, 5.74) is 2.93. The maximum atomic E-state index is 9.67. The predicted octanol–water partition coefficient (Wildman–Crippen LogP) is 2.58. The third kappa shape index (κ3) is 4.83. The largest absolute Gasteiger partial charge is 0.390 e. The SMILES string of the molecule is CS(C)(C)CCOCn1cnc(-c2ccc(C#N)cc2)c1CO. The maximum Gasteiger partial charge on any atom is 0.124 e. The number of aliphatic hydroxyl groups excluding tert-OH is 1. The Morgan fingerprint density at radius 3 is 2.52 bits per heavy atom. The molecule has 6 heteroatoms. The quantitative estimate of drug-likeness (QED) is 0.791. The van der Waals surface area contributed by atoms with E-state index in [4.69, 9.17) is 10.00 Å². The second-order valence-electron chi connectivity index (χ2n) is 6.19. The van der Waals surface area contributed by atoms with Crippen molar-refractivity contribution in [3.8, 4) is 17.3 Å². The number of nitriles is 1. The number of benzene rings is 1. The van der Waals surface area contributed by atoms with Crippen LogP contribution in [-0.2, 0) is 18.1 Å². The first-order valence-corrected chi connectivity index (χ1v) is 10.4. The predicted molar refractivity (Wildman–Crippen MR) is 94.5 cm³/mol. The number of aromatic nitrogens is 2. The van der Waals surface area contributed by atoms with Crippen molar-refractivity contribution >= 4 is 10.0 Å². The van der Waals surface area contributed by atoms with Crippen molar-refractivity contribution < 1.29 is 9.84 Å². The monoisotopic (exact) mass is 333 g/mol. The molecule has 0 aliphatic carbocycles. The molecule has 0 saturated carbocycles. The first-order chi connectivity index (χ1) is 10.9. The average Bonchev–Trinajstić information content (AvgIpc) is 2.93. The van der Waals surface area contributed by atoms with Gasteiger partial charge in [-0.2, -0.15) is 5.26 Å². The number of hydrogen-bond donors (Lipinski definition) is 1. The lowest BCUT2D eigenvalue weighted by molar-refractivity contribution is 0.0846. The van der Waals surface area contributed by atoms with E-state index in [-0.39, 0.29) is 6.61 Å². The molecule has 0 saturated heterocycles. The molecule has 23 heavy (non-hydrogen) atoms. The fourth-order valence-electron chi connectivity index (χ4n) is 2.10. The molecule has 0 atom stereocenters. The molecular weight excluding hydrogens is 310 g/mol. The minimum absolute atomic E-state index is 0.108. The van der Waals surface area contributed by atoms with Gasteiger partial charge in [-0.05, 0) is 30.9 Å². The van der Waals surface area contributed by atoms with Gasteiger partial charge in [0.15, 0.2) is 0 Å². The smallest absolute Gasteiger partial charge is 0.124 e. The molecule has 2 aromatic rings. The van der Waals surface area contributed by atoms with E-state index in [1.54, 1.807) is 18.5 Å². The van der Waals surface area contributed by atoms with E-state index >= 15 is 0 Å². The average molecular weight is 333 g/mol. The van der Waals surface area contributed by atoms with Crippen molar-refractivity contribution in [2.45, 2.75) is 13.3 Å².